The molecular formula is C19H21N7O. The molecule has 3 aromatic heterocycles. The van der Waals surface area contributed by atoms with E-state index in [1.165, 1.54) is 0 Å². The summed E-state index contributed by atoms with van der Waals surface area (Å²) >= 11 is 0. The van der Waals surface area contributed by atoms with Crippen LogP contribution < -0.4 is 11.1 Å². The van der Waals surface area contributed by atoms with Crippen molar-refractivity contribution >= 4 is 17.4 Å². The van der Waals surface area contributed by atoms with Crippen LogP contribution in [0.25, 0.3) is 11.6 Å². The van der Waals surface area contributed by atoms with Gasteiger partial charge in [0, 0.05) is 30.7 Å². The van der Waals surface area contributed by atoms with E-state index in [9.17, 15) is 4.79 Å². The summed E-state index contributed by atoms with van der Waals surface area (Å²) in [5.41, 5.74) is 9.47. The first-order chi connectivity index (χ1) is 13.1. The van der Waals surface area contributed by atoms with Gasteiger partial charge in [0.05, 0.1) is 5.69 Å². The Bertz CT molecular complexity index is 951. The highest BCUT2D eigenvalue weighted by Gasteiger charge is 2.23. The summed E-state index contributed by atoms with van der Waals surface area (Å²) in [5, 5.41) is 2.89. The molecule has 0 saturated carbocycles. The first kappa shape index (κ1) is 17.1. The molecule has 8 heteroatoms. The fourth-order valence-corrected chi connectivity index (χ4v) is 3.36. The minimum atomic E-state index is -0.0675. The number of nitrogens with two attached hydrogens (primary N) is 1. The average Bonchev–Trinajstić information content (AvgIpc) is 3.17. The second kappa shape index (κ2) is 7.14. The second-order valence-corrected chi connectivity index (χ2v) is 6.86. The van der Waals surface area contributed by atoms with E-state index in [1.54, 1.807) is 12.4 Å². The zero-order valence-corrected chi connectivity index (χ0v) is 15.1. The molecule has 27 heavy (non-hydrogen) atoms. The van der Waals surface area contributed by atoms with Crippen molar-refractivity contribution in [2.45, 2.75) is 32.6 Å². The molecule has 4 rings (SSSR count). The van der Waals surface area contributed by atoms with E-state index < -0.39 is 0 Å². The SMILES string of the molecule is Cc1ccc(CC2CCc3nc(-c4ncc[nH]4)nc(N)c3NC(=O)C2)cn1. The highest BCUT2D eigenvalue weighted by atomic mass is 16.1. The van der Waals surface area contributed by atoms with Crippen LogP contribution >= 0.6 is 0 Å². The molecule has 0 spiro atoms. The van der Waals surface area contributed by atoms with Crippen molar-refractivity contribution in [3.05, 3.63) is 47.7 Å². The molecule has 3 aromatic rings. The van der Waals surface area contributed by atoms with Crippen molar-refractivity contribution in [3.63, 3.8) is 0 Å². The van der Waals surface area contributed by atoms with Crippen LogP contribution in [0.4, 0.5) is 11.5 Å². The lowest BCUT2D eigenvalue weighted by Gasteiger charge is -2.22. The summed E-state index contributed by atoms with van der Waals surface area (Å²) in [6.07, 6.45) is 8.02. The molecule has 1 aliphatic rings. The number of anilines is 2. The van der Waals surface area contributed by atoms with Crippen molar-refractivity contribution in [2.75, 3.05) is 11.1 Å². The van der Waals surface area contributed by atoms with E-state index in [0.717, 1.165) is 29.8 Å². The number of pyridine rings is 1. The lowest BCUT2D eigenvalue weighted by Crippen LogP contribution is -2.24. The molecule has 1 aliphatic heterocycles. The van der Waals surface area contributed by atoms with Crippen molar-refractivity contribution in [1.82, 2.24) is 24.9 Å². The molecule has 0 bridgehead atoms. The lowest BCUT2D eigenvalue weighted by molar-refractivity contribution is -0.117. The standard InChI is InChI=1S/C19H21N7O/c1-11-2-3-13(10-23-11)8-12-4-5-14-16(25-15(27)9-12)17(20)26-19(24-14)18-21-6-7-22-18/h2-3,6-7,10,12H,4-5,8-9H2,1H3,(H,21,22)(H,25,27)(H2,20,24,26). The number of H-pyrrole nitrogens is 1. The number of hydrogen-bond donors (Lipinski definition) is 3. The average molecular weight is 363 g/mol. The van der Waals surface area contributed by atoms with Crippen molar-refractivity contribution < 1.29 is 4.79 Å². The van der Waals surface area contributed by atoms with Crippen LogP contribution in [0.3, 0.4) is 0 Å². The highest BCUT2D eigenvalue weighted by Crippen LogP contribution is 2.29. The van der Waals surface area contributed by atoms with Gasteiger partial charge in [-0.15, -0.1) is 0 Å². The van der Waals surface area contributed by atoms with Crippen molar-refractivity contribution in [3.8, 4) is 11.6 Å². The molecule has 8 nitrogen and oxygen atoms in total. The van der Waals surface area contributed by atoms with Crippen LogP contribution in [0.5, 0.6) is 0 Å². The van der Waals surface area contributed by atoms with Gasteiger partial charge in [0.1, 0.15) is 5.69 Å². The summed E-state index contributed by atoms with van der Waals surface area (Å²) in [4.78, 5) is 32.8. The Morgan fingerprint density at radius 2 is 2.15 bits per heavy atom. The quantitative estimate of drug-likeness (QED) is 0.656. The van der Waals surface area contributed by atoms with Gasteiger partial charge in [-0.2, -0.15) is 0 Å². The predicted octanol–water partition coefficient (Wildman–Crippen LogP) is 2.29. The third kappa shape index (κ3) is 3.79. The summed E-state index contributed by atoms with van der Waals surface area (Å²) in [7, 11) is 0. The fourth-order valence-electron chi connectivity index (χ4n) is 3.36. The minimum Gasteiger partial charge on any atom is -0.382 e. The van der Waals surface area contributed by atoms with E-state index in [2.05, 4.69) is 36.3 Å². The Kier molecular flexibility index (Phi) is 4.53. The number of nitrogens with one attached hydrogen (secondary N) is 2. The van der Waals surface area contributed by atoms with Gasteiger partial charge in [-0.1, -0.05) is 6.07 Å². The molecule has 0 aliphatic carbocycles. The Labute approximate surface area is 156 Å². The number of hydrogen-bond acceptors (Lipinski definition) is 6. The minimum absolute atomic E-state index is 0.0675. The number of carbonyl (C=O) groups excluding carboxylic acids is 1. The summed E-state index contributed by atoms with van der Waals surface area (Å²) in [6, 6.07) is 4.07. The molecule has 0 saturated heterocycles. The van der Waals surface area contributed by atoms with Crippen LogP contribution in [-0.2, 0) is 17.6 Å². The lowest BCUT2D eigenvalue weighted by atomic mass is 9.90. The van der Waals surface area contributed by atoms with Crippen molar-refractivity contribution in [2.24, 2.45) is 5.92 Å². The first-order valence-electron chi connectivity index (χ1n) is 8.96. The number of rotatable bonds is 3. The molecule has 4 heterocycles. The van der Waals surface area contributed by atoms with Gasteiger partial charge >= 0.3 is 0 Å². The van der Waals surface area contributed by atoms with Gasteiger partial charge in [-0.25, -0.2) is 15.0 Å². The number of carbonyl (C=O) groups is 1. The monoisotopic (exact) mass is 363 g/mol. The third-order valence-electron chi connectivity index (χ3n) is 4.75. The van der Waals surface area contributed by atoms with E-state index in [0.29, 0.717) is 30.2 Å². The molecule has 1 unspecified atom stereocenters. The fraction of sp³-hybridized carbons (Fsp3) is 0.316. The Balaban J connectivity index is 1.59. The number of fused-ring (bicyclic) bond motifs is 1. The normalized spacial score (nSPS) is 16.9. The summed E-state index contributed by atoms with van der Waals surface area (Å²) < 4.78 is 0. The molecule has 0 fully saturated rings. The van der Waals surface area contributed by atoms with Crippen LogP contribution in [0.15, 0.2) is 30.7 Å². The Hall–Kier alpha value is -3.29. The second-order valence-electron chi connectivity index (χ2n) is 6.86. The van der Waals surface area contributed by atoms with Crippen LogP contribution in [0.2, 0.25) is 0 Å². The summed E-state index contributed by atoms with van der Waals surface area (Å²) in [5.74, 6) is 1.40. The molecule has 0 radical (unpaired) electrons. The number of nitrogens with zero attached hydrogens (tertiary/aromatic N) is 4. The van der Waals surface area contributed by atoms with Gasteiger partial charge in [-0.05, 0) is 43.7 Å². The smallest absolute Gasteiger partial charge is 0.224 e. The zero-order chi connectivity index (χ0) is 18.8. The largest absolute Gasteiger partial charge is 0.382 e. The molecule has 138 valence electrons. The number of imidazole rings is 1. The van der Waals surface area contributed by atoms with E-state index in [4.69, 9.17) is 5.73 Å². The molecular weight excluding hydrogens is 342 g/mol. The Morgan fingerprint density at radius 1 is 1.26 bits per heavy atom. The van der Waals surface area contributed by atoms with Crippen LogP contribution in [0.1, 0.15) is 29.8 Å². The van der Waals surface area contributed by atoms with Crippen LogP contribution in [0, 0.1) is 12.8 Å². The molecule has 0 aromatic carbocycles. The topological polar surface area (TPSA) is 122 Å². The van der Waals surface area contributed by atoms with Crippen molar-refractivity contribution in [1.29, 1.82) is 0 Å². The highest BCUT2D eigenvalue weighted by molar-refractivity contribution is 5.94. The maximum atomic E-state index is 12.5. The molecule has 1 amide bonds. The van der Waals surface area contributed by atoms with Crippen LogP contribution in [-0.4, -0.2) is 30.8 Å². The van der Waals surface area contributed by atoms with E-state index in [-0.39, 0.29) is 17.6 Å². The third-order valence-corrected chi connectivity index (χ3v) is 4.75. The number of aryl methyl sites for hydroxylation is 2. The maximum Gasteiger partial charge on any atom is 0.224 e. The van der Waals surface area contributed by atoms with E-state index >= 15 is 0 Å². The number of amides is 1. The number of aromatic amines is 1. The molecule has 1 atom stereocenters. The van der Waals surface area contributed by atoms with Gasteiger partial charge in [-0.3, -0.25) is 9.78 Å². The Morgan fingerprint density at radius 3 is 2.89 bits per heavy atom. The zero-order valence-electron chi connectivity index (χ0n) is 15.1. The first-order valence-corrected chi connectivity index (χ1v) is 8.96. The van der Waals surface area contributed by atoms with Gasteiger partial charge in [0.25, 0.3) is 0 Å². The number of nitrogen functional groups attached to an aromatic ring is 1. The van der Waals surface area contributed by atoms with Gasteiger partial charge in [0.2, 0.25) is 5.91 Å². The maximum absolute atomic E-state index is 12.5. The van der Waals surface area contributed by atoms with Gasteiger partial charge < -0.3 is 16.0 Å². The number of aromatic nitrogens is 5. The summed E-state index contributed by atoms with van der Waals surface area (Å²) in [6.45, 7) is 1.96. The predicted molar refractivity (Wildman–Crippen MR) is 102 cm³/mol. The van der Waals surface area contributed by atoms with Gasteiger partial charge in [0.15, 0.2) is 17.5 Å². The molecule has 4 N–H and O–H groups in total. The van der Waals surface area contributed by atoms with E-state index in [1.807, 2.05) is 19.2 Å².